The van der Waals surface area contributed by atoms with Gasteiger partial charge in [-0.25, -0.2) is 0 Å². The summed E-state index contributed by atoms with van der Waals surface area (Å²) >= 11 is 0. The van der Waals surface area contributed by atoms with E-state index in [9.17, 15) is 4.79 Å². The third-order valence-corrected chi connectivity index (χ3v) is 3.42. The molecule has 1 heterocycles. The predicted molar refractivity (Wildman–Crippen MR) is 72.4 cm³/mol. The number of rotatable bonds is 3. The van der Waals surface area contributed by atoms with E-state index in [-0.39, 0.29) is 17.9 Å². The molecule has 4 heteroatoms. The second-order valence-corrected chi connectivity index (χ2v) is 4.79. The molecular weight excluding hydrogens is 228 g/mol. The number of aryl methyl sites for hydroxylation is 1. The summed E-state index contributed by atoms with van der Waals surface area (Å²) in [6, 6.07) is 5.63. The average molecular weight is 248 g/mol. The summed E-state index contributed by atoms with van der Waals surface area (Å²) in [5, 5.41) is 2.91. The minimum absolute atomic E-state index is 0.0108. The van der Waals surface area contributed by atoms with E-state index in [2.05, 4.69) is 5.32 Å². The maximum absolute atomic E-state index is 12.2. The first kappa shape index (κ1) is 12.9. The van der Waals surface area contributed by atoms with E-state index in [4.69, 9.17) is 10.5 Å². The van der Waals surface area contributed by atoms with Crippen LogP contribution in [0, 0.1) is 12.8 Å². The number of hydrogen-bond donors (Lipinski definition) is 2. The van der Waals surface area contributed by atoms with E-state index in [1.165, 1.54) is 0 Å². The average Bonchev–Trinajstić information content (AvgIpc) is 2.82. The molecule has 2 unspecified atom stereocenters. The normalized spacial score (nSPS) is 23.0. The molecule has 0 bridgehead atoms. The minimum atomic E-state index is -0.0603. The lowest BCUT2D eigenvalue weighted by atomic mass is 9.98. The van der Waals surface area contributed by atoms with Crippen molar-refractivity contribution in [3.63, 3.8) is 0 Å². The van der Waals surface area contributed by atoms with Gasteiger partial charge in [0, 0.05) is 6.61 Å². The summed E-state index contributed by atoms with van der Waals surface area (Å²) in [5.41, 5.74) is 8.23. The highest BCUT2D eigenvalue weighted by Crippen LogP contribution is 2.26. The van der Waals surface area contributed by atoms with Gasteiger partial charge in [0.25, 0.3) is 0 Å². The molecule has 2 rings (SSSR count). The predicted octanol–water partition coefficient (Wildman–Crippen LogP) is 2.33. The molecule has 2 atom stereocenters. The standard InChI is InChI=1S/C14H20N2O2/c1-3-13-10(6-7-18-13)14(17)16-12-8-9(2)4-5-11(12)15/h4-5,8,10,13H,3,6-7,15H2,1-2H3,(H,16,17). The molecule has 1 saturated heterocycles. The molecule has 1 aliphatic rings. The Hall–Kier alpha value is -1.55. The molecule has 0 saturated carbocycles. The largest absolute Gasteiger partial charge is 0.397 e. The van der Waals surface area contributed by atoms with Gasteiger partial charge in [0.05, 0.1) is 23.4 Å². The maximum atomic E-state index is 12.2. The fourth-order valence-electron chi connectivity index (χ4n) is 2.35. The van der Waals surface area contributed by atoms with Crippen LogP contribution in [0.25, 0.3) is 0 Å². The van der Waals surface area contributed by atoms with Gasteiger partial charge in [-0.3, -0.25) is 4.79 Å². The van der Waals surface area contributed by atoms with Crippen molar-refractivity contribution in [2.75, 3.05) is 17.7 Å². The van der Waals surface area contributed by atoms with Crippen molar-refractivity contribution in [1.82, 2.24) is 0 Å². The summed E-state index contributed by atoms with van der Waals surface area (Å²) in [4.78, 5) is 12.2. The Labute approximate surface area is 108 Å². The molecule has 0 spiro atoms. The van der Waals surface area contributed by atoms with Crippen molar-refractivity contribution in [2.24, 2.45) is 5.92 Å². The zero-order valence-corrected chi connectivity index (χ0v) is 10.9. The van der Waals surface area contributed by atoms with Crippen molar-refractivity contribution >= 4 is 17.3 Å². The first-order valence-electron chi connectivity index (χ1n) is 6.40. The molecule has 0 radical (unpaired) electrons. The molecule has 1 aromatic rings. The van der Waals surface area contributed by atoms with E-state index >= 15 is 0 Å². The smallest absolute Gasteiger partial charge is 0.230 e. The topological polar surface area (TPSA) is 64.3 Å². The SMILES string of the molecule is CCC1OCCC1C(=O)Nc1cc(C)ccc1N. The number of nitrogen functional groups attached to an aromatic ring is 1. The number of ether oxygens (including phenoxy) is 1. The number of anilines is 2. The van der Waals surface area contributed by atoms with Gasteiger partial charge in [-0.1, -0.05) is 13.0 Å². The zero-order valence-electron chi connectivity index (χ0n) is 10.9. The number of amides is 1. The highest BCUT2D eigenvalue weighted by atomic mass is 16.5. The van der Waals surface area contributed by atoms with Crippen LogP contribution < -0.4 is 11.1 Å². The van der Waals surface area contributed by atoms with E-state index in [1.807, 2.05) is 32.0 Å². The van der Waals surface area contributed by atoms with Crippen molar-refractivity contribution in [3.8, 4) is 0 Å². The Morgan fingerprint density at radius 1 is 1.56 bits per heavy atom. The third kappa shape index (κ3) is 2.64. The van der Waals surface area contributed by atoms with Crippen LogP contribution in [0.3, 0.4) is 0 Å². The highest BCUT2D eigenvalue weighted by Gasteiger charge is 2.32. The van der Waals surface area contributed by atoms with Crippen molar-refractivity contribution in [1.29, 1.82) is 0 Å². The van der Waals surface area contributed by atoms with Crippen LogP contribution in [0.5, 0.6) is 0 Å². The maximum Gasteiger partial charge on any atom is 0.230 e. The monoisotopic (exact) mass is 248 g/mol. The van der Waals surface area contributed by atoms with Crippen molar-refractivity contribution in [2.45, 2.75) is 32.8 Å². The van der Waals surface area contributed by atoms with Crippen LogP contribution in [0.2, 0.25) is 0 Å². The molecule has 0 aromatic heterocycles. The molecule has 1 amide bonds. The lowest BCUT2D eigenvalue weighted by Gasteiger charge is -2.17. The van der Waals surface area contributed by atoms with Gasteiger partial charge in [-0.05, 0) is 37.5 Å². The zero-order chi connectivity index (χ0) is 13.1. The summed E-state index contributed by atoms with van der Waals surface area (Å²) in [6.45, 7) is 4.68. The lowest BCUT2D eigenvalue weighted by Crippen LogP contribution is -2.29. The first-order chi connectivity index (χ1) is 8.61. The van der Waals surface area contributed by atoms with Gasteiger partial charge in [0.15, 0.2) is 0 Å². The molecule has 98 valence electrons. The molecule has 1 aromatic carbocycles. The van der Waals surface area contributed by atoms with Crippen LogP contribution in [0.15, 0.2) is 18.2 Å². The van der Waals surface area contributed by atoms with Gasteiger partial charge in [-0.2, -0.15) is 0 Å². The third-order valence-electron chi connectivity index (χ3n) is 3.42. The van der Waals surface area contributed by atoms with Gasteiger partial charge >= 0.3 is 0 Å². The molecule has 0 aliphatic carbocycles. The van der Waals surface area contributed by atoms with Crippen LogP contribution in [0.4, 0.5) is 11.4 Å². The first-order valence-corrected chi connectivity index (χ1v) is 6.40. The quantitative estimate of drug-likeness (QED) is 0.807. The number of carbonyl (C=O) groups is 1. The Balaban J connectivity index is 2.09. The Bertz CT molecular complexity index is 445. The second-order valence-electron chi connectivity index (χ2n) is 4.79. The molecule has 1 aliphatic heterocycles. The fourth-order valence-corrected chi connectivity index (χ4v) is 2.35. The Morgan fingerprint density at radius 2 is 2.33 bits per heavy atom. The minimum Gasteiger partial charge on any atom is -0.397 e. The molecule has 18 heavy (non-hydrogen) atoms. The number of nitrogens with one attached hydrogen (secondary N) is 1. The van der Waals surface area contributed by atoms with Gasteiger partial charge in [0.1, 0.15) is 0 Å². The number of nitrogens with two attached hydrogens (primary N) is 1. The molecule has 1 fully saturated rings. The molecule has 3 N–H and O–H groups in total. The second kappa shape index (κ2) is 5.40. The van der Waals surface area contributed by atoms with Crippen LogP contribution in [0.1, 0.15) is 25.3 Å². The van der Waals surface area contributed by atoms with Crippen LogP contribution in [-0.4, -0.2) is 18.6 Å². The van der Waals surface area contributed by atoms with Crippen molar-refractivity contribution in [3.05, 3.63) is 23.8 Å². The van der Waals surface area contributed by atoms with Crippen LogP contribution >= 0.6 is 0 Å². The van der Waals surface area contributed by atoms with Crippen LogP contribution in [-0.2, 0) is 9.53 Å². The Kier molecular flexibility index (Phi) is 3.87. The highest BCUT2D eigenvalue weighted by molar-refractivity contribution is 5.95. The fraction of sp³-hybridized carbons (Fsp3) is 0.500. The summed E-state index contributed by atoms with van der Waals surface area (Å²) < 4.78 is 5.54. The van der Waals surface area contributed by atoms with Crippen molar-refractivity contribution < 1.29 is 9.53 Å². The number of carbonyl (C=O) groups excluding carboxylic acids is 1. The van der Waals surface area contributed by atoms with Gasteiger partial charge < -0.3 is 15.8 Å². The lowest BCUT2D eigenvalue weighted by molar-refractivity contribution is -0.121. The molecular formula is C14H20N2O2. The van der Waals surface area contributed by atoms with Gasteiger partial charge in [0.2, 0.25) is 5.91 Å². The molecule has 4 nitrogen and oxygen atoms in total. The van der Waals surface area contributed by atoms with E-state index in [0.29, 0.717) is 18.0 Å². The van der Waals surface area contributed by atoms with E-state index in [0.717, 1.165) is 18.4 Å². The Morgan fingerprint density at radius 3 is 3.06 bits per heavy atom. The van der Waals surface area contributed by atoms with E-state index < -0.39 is 0 Å². The number of benzene rings is 1. The van der Waals surface area contributed by atoms with E-state index in [1.54, 1.807) is 0 Å². The summed E-state index contributed by atoms with van der Waals surface area (Å²) in [7, 11) is 0. The summed E-state index contributed by atoms with van der Waals surface area (Å²) in [5.74, 6) is -0.0495. The summed E-state index contributed by atoms with van der Waals surface area (Å²) in [6.07, 6.45) is 1.69. The van der Waals surface area contributed by atoms with Gasteiger partial charge in [-0.15, -0.1) is 0 Å². The number of hydrogen-bond acceptors (Lipinski definition) is 3.